The predicted octanol–water partition coefficient (Wildman–Crippen LogP) is 5.85. The van der Waals surface area contributed by atoms with Crippen molar-refractivity contribution in [1.82, 2.24) is 15.2 Å². The summed E-state index contributed by atoms with van der Waals surface area (Å²) in [5, 5.41) is 4.11. The number of allylic oxidation sites excluding steroid dienone is 1. The van der Waals surface area contributed by atoms with Gasteiger partial charge in [-0.05, 0) is 66.1 Å². The number of nitrogens with zero attached hydrogens (tertiary/aromatic N) is 2. The minimum absolute atomic E-state index is 0.0237. The highest BCUT2D eigenvalue weighted by Crippen LogP contribution is 2.28. The van der Waals surface area contributed by atoms with Crippen molar-refractivity contribution in [3.8, 4) is 11.1 Å². The molecule has 4 aromatic rings. The maximum absolute atomic E-state index is 12.8. The zero-order valence-corrected chi connectivity index (χ0v) is 20.7. The van der Waals surface area contributed by atoms with Crippen LogP contribution in [0.2, 0.25) is 0 Å². The first-order valence-electron chi connectivity index (χ1n) is 12.6. The molecule has 5 nitrogen and oxygen atoms in total. The third-order valence-electron chi connectivity index (χ3n) is 7.47. The van der Waals surface area contributed by atoms with Crippen LogP contribution >= 0.6 is 0 Å². The lowest BCUT2D eigenvalue weighted by Crippen LogP contribution is -2.38. The number of rotatable bonds is 5. The fourth-order valence-electron chi connectivity index (χ4n) is 5.17. The van der Waals surface area contributed by atoms with Crippen molar-refractivity contribution in [2.75, 3.05) is 19.6 Å². The number of benzene rings is 3. The Morgan fingerprint density at radius 1 is 1.00 bits per heavy atom. The van der Waals surface area contributed by atoms with Gasteiger partial charge in [-0.25, -0.2) is 4.99 Å². The molecule has 3 aromatic carbocycles. The minimum Gasteiger partial charge on any atom is -0.360 e. The zero-order chi connectivity index (χ0) is 24.6. The number of hydrogen-bond acceptors (Lipinski definition) is 3. The first-order chi connectivity index (χ1) is 17.5. The number of aryl methyl sites for hydroxylation is 2. The topological polar surface area (TPSA) is 60.5 Å². The Morgan fingerprint density at radius 2 is 1.78 bits per heavy atom. The van der Waals surface area contributed by atoms with Gasteiger partial charge in [-0.2, -0.15) is 0 Å². The van der Waals surface area contributed by atoms with Crippen LogP contribution in [-0.2, 0) is 0 Å². The summed E-state index contributed by atoms with van der Waals surface area (Å²) < 4.78 is 0. The maximum atomic E-state index is 12.8. The number of para-hydroxylation sites is 1. The van der Waals surface area contributed by atoms with Gasteiger partial charge in [0.2, 0.25) is 0 Å². The van der Waals surface area contributed by atoms with E-state index in [-0.39, 0.29) is 5.91 Å². The quantitative estimate of drug-likeness (QED) is 0.381. The lowest BCUT2D eigenvalue weighted by atomic mass is 9.98. The molecule has 0 spiro atoms. The number of fused-ring (bicyclic) bond motifs is 2. The molecule has 0 saturated carbocycles. The van der Waals surface area contributed by atoms with Gasteiger partial charge in [0.15, 0.2) is 0 Å². The lowest BCUT2D eigenvalue weighted by Gasteiger charge is -2.29. The van der Waals surface area contributed by atoms with Crippen molar-refractivity contribution >= 4 is 22.5 Å². The van der Waals surface area contributed by atoms with E-state index in [1.54, 1.807) is 6.20 Å². The van der Waals surface area contributed by atoms with Crippen LogP contribution in [-0.4, -0.2) is 41.1 Å². The van der Waals surface area contributed by atoms with Crippen LogP contribution in [0.3, 0.4) is 0 Å². The average Bonchev–Trinajstić information content (AvgIpc) is 3.53. The number of aliphatic imine (C=N–C) groups is 1. The molecule has 1 atom stereocenters. The summed E-state index contributed by atoms with van der Waals surface area (Å²) in [5.74, 6) is 1.40. The van der Waals surface area contributed by atoms with Crippen LogP contribution in [0.4, 0.5) is 0 Å². The van der Waals surface area contributed by atoms with Crippen molar-refractivity contribution in [2.45, 2.75) is 20.3 Å². The Hall–Kier alpha value is -4.12. The molecule has 1 unspecified atom stereocenters. The number of carbonyl (C=O) groups is 1. The van der Waals surface area contributed by atoms with Crippen LogP contribution in [0.5, 0.6) is 0 Å². The Morgan fingerprint density at radius 3 is 2.61 bits per heavy atom. The first-order valence-corrected chi connectivity index (χ1v) is 12.6. The Kier molecular flexibility index (Phi) is 5.68. The van der Waals surface area contributed by atoms with Crippen molar-refractivity contribution in [2.24, 2.45) is 10.9 Å². The van der Waals surface area contributed by atoms with Crippen molar-refractivity contribution in [3.63, 3.8) is 0 Å². The van der Waals surface area contributed by atoms with Gasteiger partial charge in [-0.1, -0.05) is 60.7 Å². The van der Waals surface area contributed by atoms with Gasteiger partial charge in [0, 0.05) is 30.2 Å². The molecule has 0 bridgehead atoms. The van der Waals surface area contributed by atoms with E-state index in [1.165, 1.54) is 27.8 Å². The van der Waals surface area contributed by atoms with E-state index < -0.39 is 0 Å². The first kappa shape index (κ1) is 22.4. The van der Waals surface area contributed by atoms with E-state index in [1.807, 2.05) is 24.3 Å². The number of H-pyrrole nitrogens is 1. The molecule has 0 fully saturated rings. The smallest absolute Gasteiger partial charge is 0.253 e. The van der Waals surface area contributed by atoms with Crippen LogP contribution in [0.15, 0.2) is 89.8 Å². The van der Waals surface area contributed by atoms with Crippen LogP contribution in [0, 0.1) is 19.8 Å². The molecule has 36 heavy (non-hydrogen) atoms. The van der Waals surface area contributed by atoms with Crippen molar-refractivity contribution in [3.05, 3.63) is 107 Å². The van der Waals surface area contributed by atoms with E-state index in [0.717, 1.165) is 41.9 Å². The van der Waals surface area contributed by atoms with E-state index >= 15 is 0 Å². The number of aromatic nitrogens is 1. The fraction of sp³-hybridized carbons (Fsp3) is 0.226. The molecule has 1 amide bonds. The molecule has 2 aliphatic heterocycles. The number of hydrogen-bond donors (Lipinski definition) is 2. The SMILES string of the molecule is Cc1ccc(-c2ccc(C3=NC4=CCC(CNC(=O)c5c[nH]c6ccccc56)CN4C3)cc2)cc1C. The van der Waals surface area contributed by atoms with Crippen LogP contribution in [0.25, 0.3) is 22.0 Å². The summed E-state index contributed by atoms with van der Waals surface area (Å²) >= 11 is 0. The van der Waals surface area contributed by atoms with E-state index in [2.05, 4.69) is 77.6 Å². The van der Waals surface area contributed by atoms with Gasteiger partial charge in [-0.3, -0.25) is 4.79 Å². The van der Waals surface area contributed by atoms with Gasteiger partial charge in [-0.15, -0.1) is 0 Å². The molecule has 2 aliphatic rings. The minimum atomic E-state index is -0.0237. The van der Waals surface area contributed by atoms with Gasteiger partial charge >= 0.3 is 0 Å². The number of amides is 1. The second kappa shape index (κ2) is 9.15. The van der Waals surface area contributed by atoms with Gasteiger partial charge in [0.05, 0.1) is 17.8 Å². The Balaban J connectivity index is 1.07. The highest BCUT2D eigenvalue weighted by atomic mass is 16.1. The predicted molar refractivity (Wildman–Crippen MR) is 146 cm³/mol. The molecule has 180 valence electrons. The van der Waals surface area contributed by atoms with Crippen molar-refractivity contribution in [1.29, 1.82) is 0 Å². The fourth-order valence-corrected chi connectivity index (χ4v) is 5.17. The molecule has 6 rings (SSSR count). The van der Waals surface area contributed by atoms with Gasteiger partial charge < -0.3 is 15.2 Å². The Bertz CT molecular complexity index is 1510. The highest BCUT2D eigenvalue weighted by Gasteiger charge is 2.28. The summed E-state index contributed by atoms with van der Waals surface area (Å²) in [6.45, 7) is 6.66. The summed E-state index contributed by atoms with van der Waals surface area (Å²) in [5.41, 5.74) is 9.06. The summed E-state index contributed by atoms with van der Waals surface area (Å²) in [4.78, 5) is 23.2. The van der Waals surface area contributed by atoms with E-state index in [0.29, 0.717) is 18.0 Å². The second-order valence-electron chi connectivity index (χ2n) is 9.94. The third kappa shape index (κ3) is 4.22. The van der Waals surface area contributed by atoms with Crippen molar-refractivity contribution < 1.29 is 4.79 Å². The molecule has 2 N–H and O–H groups in total. The molecule has 0 aliphatic carbocycles. The normalized spacial score (nSPS) is 17.1. The molecule has 5 heteroatoms. The highest BCUT2D eigenvalue weighted by molar-refractivity contribution is 6.06. The van der Waals surface area contributed by atoms with Gasteiger partial charge in [0.25, 0.3) is 5.91 Å². The lowest BCUT2D eigenvalue weighted by molar-refractivity contribution is 0.0945. The number of nitrogens with one attached hydrogen (secondary N) is 2. The summed E-state index contributed by atoms with van der Waals surface area (Å²) in [6.07, 6.45) is 4.93. The van der Waals surface area contributed by atoms with Crippen LogP contribution < -0.4 is 5.32 Å². The molecular weight excluding hydrogens is 444 g/mol. The second-order valence-corrected chi connectivity index (χ2v) is 9.94. The zero-order valence-electron chi connectivity index (χ0n) is 20.7. The maximum Gasteiger partial charge on any atom is 0.253 e. The standard InChI is InChI=1S/C31H30N4O/c1-20-7-9-25(15-21(20)2)23-10-12-24(13-11-23)29-19-35-18-22(8-14-30(35)34-29)16-33-31(36)27-17-32-28-6-4-3-5-26(27)28/h3-7,9-15,17,22,32H,8,16,18-19H2,1-2H3,(H,33,36). The molecule has 1 aromatic heterocycles. The number of aromatic amines is 1. The van der Waals surface area contributed by atoms with Gasteiger partial charge in [0.1, 0.15) is 5.82 Å². The molecule has 0 saturated heterocycles. The van der Waals surface area contributed by atoms with Crippen LogP contribution in [0.1, 0.15) is 33.5 Å². The summed E-state index contributed by atoms with van der Waals surface area (Å²) in [7, 11) is 0. The summed E-state index contributed by atoms with van der Waals surface area (Å²) in [6, 6.07) is 23.3. The Labute approximate surface area is 211 Å². The number of carbonyl (C=O) groups excluding carboxylic acids is 1. The third-order valence-corrected chi connectivity index (χ3v) is 7.47. The molecule has 0 radical (unpaired) electrons. The molecular formula is C31H30N4O. The largest absolute Gasteiger partial charge is 0.360 e. The average molecular weight is 475 g/mol. The monoisotopic (exact) mass is 474 g/mol. The van der Waals surface area contributed by atoms with E-state index in [4.69, 9.17) is 4.99 Å². The molecule has 3 heterocycles. The van der Waals surface area contributed by atoms with E-state index in [9.17, 15) is 4.79 Å².